The van der Waals surface area contributed by atoms with Gasteiger partial charge in [0.2, 0.25) is 11.9 Å². The highest BCUT2D eigenvalue weighted by molar-refractivity contribution is 5.87. The molecule has 2 heterocycles. The number of rotatable bonds is 5. The van der Waals surface area contributed by atoms with Crippen LogP contribution in [0.3, 0.4) is 0 Å². The molecule has 138 valence electrons. The minimum Gasteiger partial charge on any atom is -0.384 e. The summed E-state index contributed by atoms with van der Waals surface area (Å²) in [6, 6.07) is 11.6. The maximum absolute atomic E-state index is 12.7. The Kier molecular flexibility index (Phi) is 5.40. The molecule has 0 bridgehead atoms. The van der Waals surface area contributed by atoms with Gasteiger partial charge in [0, 0.05) is 25.8 Å². The van der Waals surface area contributed by atoms with Crippen molar-refractivity contribution in [3.8, 4) is 0 Å². The SMILES string of the molecule is CC(C)(C(=O)NCC1CCN(c2nccc(N)n2)CC1)c1ccccc1. The number of piperidine rings is 1. The summed E-state index contributed by atoms with van der Waals surface area (Å²) in [4.78, 5) is 23.4. The van der Waals surface area contributed by atoms with Gasteiger partial charge in [0.25, 0.3) is 0 Å². The molecule has 1 fully saturated rings. The number of carbonyl (C=O) groups is 1. The summed E-state index contributed by atoms with van der Waals surface area (Å²) in [6.07, 6.45) is 3.70. The lowest BCUT2D eigenvalue weighted by atomic mass is 9.83. The topological polar surface area (TPSA) is 84.1 Å². The number of carbonyl (C=O) groups excluding carboxylic acids is 1. The molecule has 1 aromatic carbocycles. The second-order valence-corrected chi connectivity index (χ2v) is 7.41. The second kappa shape index (κ2) is 7.72. The molecule has 1 aliphatic heterocycles. The van der Waals surface area contributed by atoms with Crippen LogP contribution in [0.5, 0.6) is 0 Å². The maximum Gasteiger partial charge on any atom is 0.230 e. The Bertz CT molecular complexity index is 739. The van der Waals surface area contributed by atoms with Gasteiger partial charge < -0.3 is 16.0 Å². The van der Waals surface area contributed by atoms with E-state index >= 15 is 0 Å². The van der Waals surface area contributed by atoms with Crippen molar-refractivity contribution in [1.82, 2.24) is 15.3 Å². The van der Waals surface area contributed by atoms with Crippen molar-refractivity contribution in [3.63, 3.8) is 0 Å². The second-order valence-electron chi connectivity index (χ2n) is 7.41. The molecule has 2 aromatic rings. The van der Waals surface area contributed by atoms with Gasteiger partial charge in [0.1, 0.15) is 5.82 Å². The molecule has 0 unspecified atom stereocenters. The van der Waals surface area contributed by atoms with Gasteiger partial charge in [-0.15, -0.1) is 0 Å². The molecule has 26 heavy (non-hydrogen) atoms. The standard InChI is InChI=1S/C20H27N5O/c1-20(2,16-6-4-3-5-7-16)18(26)23-14-15-9-12-25(13-10-15)19-22-11-8-17(21)24-19/h3-8,11,15H,9-10,12-14H2,1-2H3,(H,23,26)(H2,21,22,24). The molecule has 3 rings (SSSR count). The molecule has 0 atom stereocenters. The Hall–Kier alpha value is -2.63. The van der Waals surface area contributed by atoms with Gasteiger partial charge in [-0.25, -0.2) is 4.98 Å². The van der Waals surface area contributed by atoms with Gasteiger partial charge in [0.15, 0.2) is 0 Å². The van der Waals surface area contributed by atoms with Crippen LogP contribution < -0.4 is 16.0 Å². The first-order chi connectivity index (χ1) is 12.5. The highest BCUT2D eigenvalue weighted by Gasteiger charge is 2.30. The predicted molar refractivity (Wildman–Crippen MR) is 104 cm³/mol. The number of nitrogen functional groups attached to an aromatic ring is 1. The van der Waals surface area contributed by atoms with Crippen molar-refractivity contribution in [2.75, 3.05) is 30.3 Å². The van der Waals surface area contributed by atoms with Crippen LogP contribution >= 0.6 is 0 Å². The van der Waals surface area contributed by atoms with Crippen molar-refractivity contribution in [2.45, 2.75) is 32.1 Å². The Balaban J connectivity index is 1.50. The van der Waals surface area contributed by atoms with Gasteiger partial charge in [-0.1, -0.05) is 30.3 Å². The van der Waals surface area contributed by atoms with E-state index in [4.69, 9.17) is 5.73 Å². The summed E-state index contributed by atoms with van der Waals surface area (Å²) in [6.45, 7) is 6.41. The summed E-state index contributed by atoms with van der Waals surface area (Å²) in [7, 11) is 0. The van der Waals surface area contributed by atoms with Crippen LogP contribution in [-0.2, 0) is 10.2 Å². The van der Waals surface area contributed by atoms with Gasteiger partial charge >= 0.3 is 0 Å². The number of nitrogens with one attached hydrogen (secondary N) is 1. The molecule has 1 amide bonds. The van der Waals surface area contributed by atoms with Crippen molar-refractivity contribution < 1.29 is 4.79 Å². The summed E-state index contributed by atoms with van der Waals surface area (Å²) in [5, 5.41) is 3.15. The van der Waals surface area contributed by atoms with E-state index in [1.165, 1.54) is 0 Å². The quantitative estimate of drug-likeness (QED) is 0.862. The molecule has 0 aliphatic carbocycles. The molecule has 1 aliphatic rings. The number of nitrogens with two attached hydrogens (primary N) is 1. The third-order valence-electron chi connectivity index (χ3n) is 5.18. The number of hydrogen-bond donors (Lipinski definition) is 2. The fourth-order valence-electron chi connectivity index (χ4n) is 3.30. The van der Waals surface area contributed by atoms with E-state index in [1.54, 1.807) is 12.3 Å². The Morgan fingerprint density at radius 2 is 1.92 bits per heavy atom. The Morgan fingerprint density at radius 1 is 1.23 bits per heavy atom. The number of anilines is 2. The zero-order valence-electron chi connectivity index (χ0n) is 15.5. The lowest BCUT2D eigenvalue weighted by Gasteiger charge is -2.33. The van der Waals surface area contributed by atoms with Crippen molar-refractivity contribution in [1.29, 1.82) is 0 Å². The first kappa shape index (κ1) is 18.2. The summed E-state index contributed by atoms with van der Waals surface area (Å²) in [5.41, 5.74) is 6.24. The Morgan fingerprint density at radius 3 is 2.58 bits per heavy atom. The smallest absolute Gasteiger partial charge is 0.230 e. The molecule has 6 nitrogen and oxygen atoms in total. The largest absolute Gasteiger partial charge is 0.384 e. The van der Waals surface area contributed by atoms with E-state index in [0.29, 0.717) is 24.2 Å². The van der Waals surface area contributed by atoms with Gasteiger partial charge in [-0.05, 0) is 44.2 Å². The van der Waals surface area contributed by atoms with Crippen LogP contribution in [0.25, 0.3) is 0 Å². The molecule has 6 heteroatoms. The lowest BCUT2D eigenvalue weighted by Crippen LogP contribution is -2.44. The molecule has 0 spiro atoms. The fourth-order valence-corrected chi connectivity index (χ4v) is 3.30. The number of amides is 1. The van der Waals surface area contributed by atoms with Crippen LogP contribution in [0.4, 0.5) is 11.8 Å². The normalized spacial score (nSPS) is 15.7. The van der Waals surface area contributed by atoms with Crippen LogP contribution in [0.1, 0.15) is 32.3 Å². The number of nitrogens with zero attached hydrogens (tertiary/aromatic N) is 3. The first-order valence-corrected chi connectivity index (χ1v) is 9.14. The highest BCUT2D eigenvalue weighted by Crippen LogP contribution is 2.24. The molecular formula is C20H27N5O. The molecule has 0 radical (unpaired) electrons. The number of benzene rings is 1. The molecule has 1 aromatic heterocycles. The summed E-state index contributed by atoms with van der Waals surface area (Å²) >= 11 is 0. The van der Waals surface area contributed by atoms with Crippen LogP contribution in [-0.4, -0.2) is 35.5 Å². The van der Waals surface area contributed by atoms with E-state index in [9.17, 15) is 4.79 Å². The zero-order valence-corrected chi connectivity index (χ0v) is 15.5. The van der Waals surface area contributed by atoms with Gasteiger partial charge in [-0.3, -0.25) is 4.79 Å². The van der Waals surface area contributed by atoms with Crippen molar-refractivity contribution in [2.24, 2.45) is 5.92 Å². The zero-order chi connectivity index (χ0) is 18.6. The molecule has 1 saturated heterocycles. The first-order valence-electron chi connectivity index (χ1n) is 9.14. The van der Waals surface area contributed by atoms with Gasteiger partial charge in [-0.2, -0.15) is 4.98 Å². The van der Waals surface area contributed by atoms with Crippen LogP contribution in [0.2, 0.25) is 0 Å². The van der Waals surface area contributed by atoms with E-state index in [-0.39, 0.29) is 5.91 Å². The molecule has 0 saturated carbocycles. The van der Waals surface area contributed by atoms with Crippen molar-refractivity contribution >= 4 is 17.7 Å². The monoisotopic (exact) mass is 353 g/mol. The predicted octanol–water partition coefficient (Wildman–Crippen LogP) is 2.37. The van der Waals surface area contributed by atoms with E-state index in [2.05, 4.69) is 20.2 Å². The third kappa shape index (κ3) is 4.12. The molecule has 3 N–H and O–H groups in total. The van der Waals surface area contributed by atoms with Crippen molar-refractivity contribution in [3.05, 3.63) is 48.2 Å². The molecular weight excluding hydrogens is 326 g/mol. The van der Waals surface area contributed by atoms with E-state index in [1.807, 2.05) is 44.2 Å². The number of hydrogen-bond acceptors (Lipinski definition) is 5. The number of aromatic nitrogens is 2. The van der Waals surface area contributed by atoms with E-state index < -0.39 is 5.41 Å². The fraction of sp³-hybridized carbons (Fsp3) is 0.450. The lowest BCUT2D eigenvalue weighted by molar-refractivity contribution is -0.125. The third-order valence-corrected chi connectivity index (χ3v) is 5.18. The average molecular weight is 353 g/mol. The summed E-state index contributed by atoms with van der Waals surface area (Å²) in [5.74, 6) is 1.73. The minimum absolute atomic E-state index is 0.0743. The highest BCUT2D eigenvalue weighted by atomic mass is 16.2. The Labute approximate surface area is 154 Å². The van der Waals surface area contributed by atoms with Crippen LogP contribution in [0.15, 0.2) is 42.6 Å². The van der Waals surface area contributed by atoms with Crippen LogP contribution in [0, 0.1) is 5.92 Å². The average Bonchev–Trinajstić information content (AvgIpc) is 2.67. The maximum atomic E-state index is 12.7. The minimum atomic E-state index is -0.530. The van der Waals surface area contributed by atoms with Gasteiger partial charge in [0.05, 0.1) is 5.41 Å². The van der Waals surface area contributed by atoms with E-state index in [0.717, 1.165) is 31.5 Å². The summed E-state index contributed by atoms with van der Waals surface area (Å²) < 4.78 is 0.